The van der Waals surface area contributed by atoms with E-state index in [0.717, 1.165) is 34.7 Å². The number of carbonyl (C=O) groups is 3. The number of aryl methyl sites for hydroxylation is 1. The summed E-state index contributed by atoms with van der Waals surface area (Å²) >= 11 is 0. The van der Waals surface area contributed by atoms with Crippen molar-refractivity contribution in [2.75, 3.05) is 29.1 Å². The van der Waals surface area contributed by atoms with Crippen molar-refractivity contribution in [2.24, 2.45) is 5.92 Å². The molecule has 2 aliphatic carbocycles. The summed E-state index contributed by atoms with van der Waals surface area (Å²) in [6.07, 6.45) is 9.98. The van der Waals surface area contributed by atoms with Crippen molar-refractivity contribution >= 4 is 40.8 Å². The van der Waals surface area contributed by atoms with Crippen LogP contribution in [-0.2, 0) is 16.1 Å². The molecule has 4 amide bonds. The fourth-order valence-electron chi connectivity index (χ4n) is 5.20. The van der Waals surface area contributed by atoms with Gasteiger partial charge in [-0.3, -0.25) is 19.4 Å². The van der Waals surface area contributed by atoms with Gasteiger partial charge in [-0.15, -0.1) is 0 Å². The zero-order valence-electron chi connectivity index (χ0n) is 22.6. The van der Waals surface area contributed by atoms with Crippen LogP contribution in [0.1, 0.15) is 53.9 Å². The third-order valence-corrected chi connectivity index (χ3v) is 7.77. The molecular weight excluding hydrogens is 524 g/mol. The van der Waals surface area contributed by atoms with Crippen LogP contribution in [0.15, 0.2) is 43.1 Å². The van der Waals surface area contributed by atoms with E-state index in [1.807, 2.05) is 35.9 Å². The van der Waals surface area contributed by atoms with Gasteiger partial charge in [0.05, 0.1) is 17.9 Å². The molecule has 0 bridgehead atoms. The Morgan fingerprint density at radius 1 is 1.07 bits per heavy atom. The average molecular weight is 553 g/mol. The summed E-state index contributed by atoms with van der Waals surface area (Å²) in [5.41, 5.74) is 3.97. The lowest BCUT2D eigenvalue weighted by molar-refractivity contribution is -0.124. The monoisotopic (exact) mass is 552 g/mol. The van der Waals surface area contributed by atoms with Crippen molar-refractivity contribution in [3.63, 3.8) is 0 Å². The number of nitrogens with one attached hydrogen (secondary N) is 2. The van der Waals surface area contributed by atoms with Gasteiger partial charge in [-0.2, -0.15) is 0 Å². The molecule has 0 unspecified atom stereocenters. The van der Waals surface area contributed by atoms with E-state index in [2.05, 4.69) is 30.6 Å². The predicted octanol–water partition coefficient (Wildman–Crippen LogP) is 2.85. The number of hydrogen-bond donors (Lipinski definition) is 2. The van der Waals surface area contributed by atoms with Crippen molar-refractivity contribution < 1.29 is 14.4 Å². The Labute approximate surface area is 235 Å². The first kappa shape index (κ1) is 25.1. The van der Waals surface area contributed by atoms with Crippen LogP contribution >= 0.6 is 0 Å². The summed E-state index contributed by atoms with van der Waals surface area (Å²) in [6.45, 7) is 2.26. The number of imidazole rings is 1. The van der Waals surface area contributed by atoms with Gasteiger partial charge in [0.2, 0.25) is 11.8 Å². The molecule has 3 fully saturated rings. The van der Waals surface area contributed by atoms with E-state index >= 15 is 0 Å². The maximum absolute atomic E-state index is 12.8. The number of urea groups is 1. The zero-order valence-corrected chi connectivity index (χ0v) is 22.6. The molecule has 2 atom stereocenters. The third-order valence-electron chi connectivity index (χ3n) is 7.77. The van der Waals surface area contributed by atoms with Crippen molar-refractivity contribution in [1.82, 2.24) is 34.2 Å². The Bertz CT molecular complexity index is 1710. The van der Waals surface area contributed by atoms with Gasteiger partial charge < -0.3 is 15.0 Å². The maximum Gasteiger partial charge on any atom is 0.331 e. The Morgan fingerprint density at radius 3 is 2.66 bits per heavy atom. The van der Waals surface area contributed by atoms with E-state index in [4.69, 9.17) is 4.98 Å². The molecule has 41 heavy (non-hydrogen) atoms. The number of likely N-dealkylation sites (N-methyl/N-ethyl adjacent to an activating group) is 1. The molecule has 0 spiro atoms. The quantitative estimate of drug-likeness (QED) is 0.315. The van der Waals surface area contributed by atoms with Gasteiger partial charge in [0.1, 0.15) is 30.3 Å². The lowest BCUT2D eigenvalue weighted by atomic mass is 10.1. The lowest BCUT2D eigenvalue weighted by Gasteiger charge is -2.17. The number of aromatic nitrogens is 6. The number of anilines is 3. The van der Waals surface area contributed by atoms with Crippen LogP contribution in [0.5, 0.6) is 0 Å². The Morgan fingerprint density at radius 2 is 1.90 bits per heavy atom. The minimum absolute atomic E-state index is 0.00535. The van der Waals surface area contributed by atoms with Gasteiger partial charge in [0.25, 0.3) is 0 Å². The SMILES string of the molecule is Cc1ccnc([C@H]2C[C@@H]2C(=O)Nc2cc(NCc3cn4cc(C5CC5)cc(N5CC(=O)N(C)C5=O)c4n3)ncn2)n1. The molecule has 13 nitrogen and oxygen atoms in total. The lowest BCUT2D eigenvalue weighted by Crippen LogP contribution is -2.30. The first-order valence-corrected chi connectivity index (χ1v) is 13.6. The van der Waals surface area contributed by atoms with E-state index < -0.39 is 0 Å². The molecule has 2 saturated carbocycles. The second-order valence-corrected chi connectivity index (χ2v) is 10.9. The van der Waals surface area contributed by atoms with Gasteiger partial charge in [-0.25, -0.2) is 29.7 Å². The molecule has 0 radical (unpaired) electrons. The summed E-state index contributed by atoms with van der Waals surface area (Å²) in [6, 6.07) is 5.14. The zero-order chi connectivity index (χ0) is 28.2. The normalized spacial score (nSPS) is 20.1. The summed E-state index contributed by atoms with van der Waals surface area (Å²) in [5.74, 6) is 1.55. The highest BCUT2D eigenvalue weighted by molar-refractivity contribution is 6.13. The van der Waals surface area contributed by atoms with Crippen molar-refractivity contribution in [3.8, 4) is 0 Å². The number of pyridine rings is 1. The minimum atomic E-state index is -0.355. The number of fused-ring (bicyclic) bond motifs is 1. The molecule has 5 heterocycles. The largest absolute Gasteiger partial charge is 0.364 e. The number of amides is 4. The van der Waals surface area contributed by atoms with Crippen LogP contribution in [0.4, 0.5) is 22.1 Å². The second-order valence-electron chi connectivity index (χ2n) is 10.9. The van der Waals surface area contributed by atoms with Crippen LogP contribution in [0.2, 0.25) is 0 Å². The van der Waals surface area contributed by atoms with Crippen LogP contribution in [-0.4, -0.2) is 65.7 Å². The maximum atomic E-state index is 12.8. The smallest absolute Gasteiger partial charge is 0.331 e. The Hall–Kier alpha value is -4.94. The van der Waals surface area contributed by atoms with E-state index in [1.54, 1.807) is 12.3 Å². The Balaban J connectivity index is 1.05. The molecule has 13 heteroatoms. The number of carbonyl (C=O) groups excluding carboxylic acids is 3. The fraction of sp³-hybridized carbons (Fsp3) is 0.357. The number of rotatable bonds is 8. The third kappa shape index (κ3) is 4.83. The van der Waals surface area contributed by atoms with Crippen molar-refractivity contribution in [1.29, 1.82) is 0 Å². The van der Waals surface area contributed by atoms with Gasteiger partial charge >= 0.3 is 6.03 Å². The number of nitrogens with zero attached hydrogens (tertiary/aromatic N) is 8. The topological polar surface area (TPSA) is 151 Å². The molecule has 7 rings (SSSR count). The van der Waals surface area contributed by atoms with E-state index in [1.165, 1.54) is 18.3 Å². The standard InChI is InChI=1S/C28H28N10O3/c1-15-5-6-29-25(33-15)19-8-20(19)27(40)35-23-9-22(31-14-32-23)30-10-18-12-37-11-17(16-3-4-16)7-21(26(37)34-18)38-13-24(39)36(2)28(38)41/h5-7,9,11-12,14,16,19-20H,3-4,8,10,13H2,1-2H3,(H2,30,31,32,35,40)/t19-,20-/m0/s1. The van der Waals surface area contributed by atoms with Crippen LogP contribution < -0.4 is 15.5 Å². The highest BCUT2D eigenvalue weighted by Gasteiger charge is 2.46. The average Bonchev–Trinajstić information content (AvgIpc) is 3.89. The molecule has 4 aromatic rings. The van der Waals surface area contributed by atoms with Crippen LogP contribution in [0, 0.1) is 12.8 Å². The van der Waals surface area contributed by atoms with E-state index in [-0.39, 0.29) is 36.2 Å². The molecule has 208 valence electrons. The Kier molecular flexibility index (Phi) is 5.87. The molecule has 3 aliphatic rings. The first-order chi connectivity index (χ1) is 19.8. The van der Waals surface area contributed by atoms with Gasteiger partial charge in [-0.05, 0) is 49.8 Å². The summed E-state index contributed by atoms with van der Waals surface area (Å²) in [4.78, 5) is 62.4. The van der Waals surface area contributed by atoms with Gasteiger partial charge in [0.15, 0.2) is 5.65 Å². The molecule has 1 aliphatic heterocycles. The molecule has 4 aromatic heterocycles. The van der Waals surface area contributed by atoms with Gasteiger partial charge in [0, 0.05) is 49.2 Å². The second kappa shape index (κ2) is 9.61. The van der Waals surface area contributed by atoms with Gasteiger partial charge in [-0.1, -0.05) is 0 Å². The molecule has 0 aromatic carbocycles. The highest BCUT2D eigenvalue weighted by Crippen LogP contribution is 2.46. The highest BCUT2D eigenvalue weighted by atomic mass is 16.2. The molecule has 1 saturated heterocycles. The van der Waals surface area contributed by atoms with Crippen LogP contribution in [0.3, 0.4) is 0 Å². The summed E-state index contributed by atoms with van der Waals surface area (Å²) in [5, 5.41) is 6.12. The summed E-state index contributed by atoms with van der Waals surface area (Å²) < 4.78 is 1.92. The minimum Gasteiger partial charge on any atom is -0.364 e. The first-order valence-electron chi connectivity index (χ1n) is 13.6. The van der Waals surface area contributed by atoms with E-state index in [0.29, 0.717) is 47.7 Å². The molecule has 2 N–H and O–H groups in total. The van der Waals surface area contributed by atoms with Crippen molar-refractivity contribution in [3.05, 3.63) is 65.9 Å². The fourth-order valence-corrected chi connectivity index (χ4v) is 5.20. The molecular formula is C28H28N10O3. The van der Waals surface area contributed by atoms with E-state index in [9.17, 15) is 14.4 Å². The predicted molar refractivity (Wildman–Crippen MR) is 148 cm³/mol. The summed E-state index contributed by atoms with van der Waals surface area (Å²) in [7, 11) is 1.49. The van der Waals surface area contributed by atoms with Crippen molar-refractivity contribution in [2.45, 2.75) is 44.6 Å². The van der Waals surface area contributed by atoms with Crippen LogP contribution in [0.25, 0.3) is 5.65 Å². The number of hydrogen-bond acceptors (Lipinski definition) is 9. The number of imide groups is 1.